The molecule has 0 bridgehead atoms. The highest BCUT2D eigenvalue weighted by molar-refractivity contribution is 6.31. The second-order valence-corrected chi connectivity index (χ2v) is 6.07. The highest BCUT2D eigenvalue weighted by atomic mass is 35.5. The Balaban J connectivity index is 1.77. The number of nitrogens with zero attached hydrogens (tertiary/aromatic N) is 2. The summed E-state index contributed by atoms with van der Waals surface area (Å²) in [5, 5.41) is 7.01. The molecule has 3 aromatic rings. The van der Waals surface area contributed by atoms with Crippen LogP contribution in [0.3, 0.4) is 0 Å². The average Bonchev–Trinajstić information content (AvgIpc) is 2.61. The van der Waals surface area contributed by atoms with E-state index in [1.807, 2.05) is 6.92 Å². The van der Waals surface area contributed by atoms with Crippen molar-refractivity contribution in [2.45, 2.75) is 13.5 Å². The molecule has 26 heavy (non-hydrogen) atoms. The van der Waals surface area contributed by atoms with E-state index in [1.54, 1.807) is 43.5 Å². The normalized spacial score (nSPS) is 10.5. The summed E-state index contributed by atoms with van der Waals surface area (Å²) in [4.78, 5) is 8.76. The Kier molecular flexibility index (Phi) is 5.53. The lowest BCUT2D eigenvalue weighted by Gasteiger charge is -2.13. The molecule has 0 saturated carbocycles. The van der Waals surface area contributed by atoms with Crippen molar-refractivity contribution in [2.24, 2.45) is 0 Å². The molecule has 134 valence electrons. The zero-order valence-electron chi connectivity index (χ0n) is 14.4. The second kappa shape index (κ2) is 8.01. The summed E-state index contributed by atoms with van der Waals surface area (Å²) in [6, 6.07) is 13.4. The van der Waals surface area contributed by atoms with Gasteiger partial charge in [0, 0.05) is 17.6 Å². The van der Waals surface area contributed by atoms with E-state index in [-0.39, 0.29) is 5.82 Å². The number of aromatic nitrogens is 2. The Hall–Kier alpha value is -2.86. The van der Waals surface area contributed by atoms with Crippen LogP contribution in [0.1, 0.15) is 11.4 Å². The van der Waals surface area contributed by atoms with E-state index in [9.17, 15) is 4.39 Å². The molecule has 7 heteroatoms. The number of rotatable bonds is 6. The van der Waals surface area contributed by atoms with Crippen LogP contribution >= 0.6 is 11.6 Å². The molecule has 0 aliphatic rings. The van der Waals surface area contributed by atoms with Gasteiger partial charge in [-0.25, -0.2) is 14.4 Å². The van der Waals surface area contributed by atoms with Crippen molar-refractivity contribution < 1.29 is 9.13 Å². The molecule has 0 amide bonds. The fraction of sp³-hybridized carbons (Fsp3) is 0.158. The number of anilines is 3. The van der Waals surface area contributed by atoms with Gasteiger partial charge < -0.3 is 15.4 Å². The Morgan fingerprint density at radius 1 is 1.04 bits per heavy atom. The van der Waals surface area contributed by atoms with Crippen LogP contribution in [0.5, 0.6) is 5.75 Å². The number of halogens is 2. The summed E-state index contributed by atoms with van der Waals surface area (Å²) >= 11 is 6.06. The summed E-state index contributed by atoms with van der Waals surface area (Å²) in [5.74, 6) is 2.28. The highest BCUT2D eigenvalue weighted by Gasteiger charge is 2.07. The van der Waals surface area contributed by atoms with Gasteiger partial charge in [0.1, 0.15) is 29.0 Å². The number of methoxy groups -OCH3 is 1. The molecule has 0 saturated heterocycles. The third-order valence-corrected chi connectivity index (χ3v) is 3.88. The number of hydrogen-bond donors (Lipinski definition) is 2. The highest BCUT2D eigenvalue weighted by Crippen LogP contribution is 2.30. The molecule has 0 unspecified atom stereocenters. The van der Waals surface area contributed by atoms with Crippen molar-refractivity contribution in [2.75, 3.05) is 17.7 Å². The molecule has 2 N–H and O–H groups in total. The summed E-state index contributed by atoms with van der Waals surface area (Å²) in [6.07, 6.45) is 0. The van der Waals surface area contributed by atoms with Crippen molar-refractivity contribution in [3.8, 4) is 5.75 Å². The molecule has 3 rings (SSSR count). The molecule has 2 aromatic carbocycles. The van der Waals surface area contributed by atoms with Gasteiger partial charge in [-0.3, -0.25) is 0 Å². The zero-order valence-corrected chi connectivity index (χ0v) is 15.1. The maximum atomic E-state index is 13.0. The first-order chi connectivity index (χ1) is 12.5. The number of ether oxygens (including phenoxy) is 1. The van der Waals surface area contributed by atoms with Gasteiger partial charge >= 0.3 is 0 Å². The minimum absolute atomic E-state index is 0.256. The minimum Gasteiger partial charge on any atom is -0.495 e. The largest absolute Gasteiger partial charge is 0.495 e. The van der Waals surface area contributed by atoms with Crippen LogP contribution in [-0.2, 0) is 6.54 Å². The van der Waals surface area contributed by atoms with Crippen molar-refractivity contribution in [3.05, 3.63) is 70.8 Å². The first-order valence-corrected chi connectivity index (χ1v) is 8.36. The molecule has 1 aromatic heterocycles. The Bertz CT molecular complexity index is 903. The van der Waals surface area contributed by atoms with Gasteiger partial charge in [0.2, 0.25) is 0 Å². The zero-order chi connectivity index (χ0) is 18.5. The van der Waals surface area contributed by atoms with Crippen molar-refractivity contribution >= 4 is 28.9 Å². The van der Waals surface area contributed by atoms with E-state index in [0.717, 1.165) is 5.56 Å². The molecule has 1 heterocycles. The van der Waals surface area contributed by atoms with Crippen LogP contribution < -0.4 is 15.4 Å². The molecule has 0 spiro atoms. The number of hydrogen-bond acceptors (Lipinski definition) is 5. The first-order valence-electron chi connectivity index (χ1n) is 7.98. The lowest BCUT2D eigenvalue weighted by molar-refractivity contribution is 0.417. The molecule has 0 fully saturated rings. The first kappa shape index (κ1) is 17.9. The van der Waals surface area contributed by atoms with Gasteiger partial charge in [-0.2, -0.15) is 0 Å². The van der Waals surface area contributed by atoms with Crippen LogP contribution in [0.15, 0.2) is 48.5 Å². The molecule has 0 aliphatic heterocycles. The Morgan fingerprint density at radius 2 is 1.77 bits per heavy atom. The summed E-state index contributed by atoms with van der Waals surface area (Å²) in [5.41, 5.74) is 1.66. The van der Waals surface area contributed by atoms with E-state index in [1.165, 1.54) is 12.1 Å². The van der Waals surface area contributed by atoms with Gasteiger partial charge in [-0.05, 0) is 42.8 Å². The maximum Gasteiger partial charge on any atom is 0.142 e. The predicted octanol–water partition coefficient (Wildman–Crippen LogP) is 4.94. The summed E-state index contributed by atoms with van der Waals surface area (Å²) in [7, 11) is 1.59. The molecule has 0 aliphatic carbocycles. The average molecular weight is 373 g/mol. The van der Waals surface area contributed by atoms with Gasteiger partial charge in [0.25, 0.3) is 0 Å². The molecule has 0 radical (unpaired) electrons. The number of nitrogens with one attached hydrogen (secondary N) is 2. The van der Waals surface area contributed by atoms with Crippen molar-refractivity contribution in [1.29, 1.82) is 0 Å². The van der Waals surface area contributed by atoms with Crippen LogP contribution in [0.4, 0.5) is 21.7 Å². The third-order valence-electron chi connectivity index (χ3n) is 3.65. The van der Waals surface area contributed by atoms with E-state index >= 15 is 0 Å². The van der Waals surface area contributed by atoms with E-state index in [2.05, 4.69) is 20.6 Å². The maximum absolute atomic E-state index is 13.0. The quantitative estimate of drug-likeness (QED) is 0.641. The van der Waals surface area contributed by atoms with Crippen molar-refractivity contribution in [3.63, 3.8) is 0 Å². The number of aryl methyl sites for hydroxylation is 1. The molecular formula is C19H18ClFN4O. The SMILES string of the molecule is COc1ccc(Cl)cc1Nc1cc(NCc2ccc(F)cc2)nc(C)n1. The molecular weight excluding hydrogens is 355 g/mol. The minimum atomic E-state index is -0.256. The topological polar surface area (TPSA) is 59.1 Å². The Morgan fingerprint density at radius 3 is 2.50 bits per heavy atom. The van der Waals surface area contributed by atoms with Gasteiger partial charge in [-0.15, -0.1) is 0 Å². The van der Waals surface area contributed by atoms with Crippen LogP contribution in [0.2, 0.25) is 5.02 Å². The van der Waals surface area contributed by atoms with Crippen molar-refractivity contribution in [1.82, 2.24) is 9.97 Å². The fourth-order valence-corrected chi connectivity index (χ4v) is 2.61. The monoisotopic (exact) mass is 372 g/mol. The standard InChI is InChI=1S/C19H18ClFN4O/c1-12-23-18(22-11-13-3-6-15(21)7-4-13)10-19(24-12)25-16-9-14(20)5-8-17(16)26-2/h3-10H,11H2,1-2H3,(H2,22,23,24,25). The van der Waals surface area contributed by atoms with E-state index in [4.69, 9.17) is 16.3 Å². The van der Waals surface area contributed by atoms with Crippen LogP contribution in [-0.4, -0.2) is 17.1 Å². The second-order valence-electron chi connectivity index (χ2n) is 5.64. The predicted molar refractivity (Wildman–Crippen MR) is 102 cm³/mol. The molecule has 0 atom stereocenters. The summed E-state index contributed by atoms with van der Waals surface area (Å²) in [6.45, 7) is 2.33. The lowest BCUT2D eigenvalue weighted by Crippen LogP contribution is -2.05. The smallest absolute Gasteiger partial charge is 0.142 e. The van der Waals surface area contributed by atoms with Crippen LogP contribution in [0, 0.1) is 12.7 Å². The van der Waals surface area contributed by atoms with Gasteiger partial charge in [0.15, 0.2) is 0 Å². The summed E-state index contributed by atoms with van der Waals surface area (Å²) < 4.78 is 18.3. The van der Waals surface area contributed by atoms with E-state index in [0.29, 0.717) is 40.5 Å². The third kappa shape index (κ3) is 4.61. The van der Waals surface area contributed by atoms with Gasteiger partial charge in [0.05, 0.1) is 12.8 Å². The Labute approximate surface area is 156 Å². The fourth-order valence-electron chi connectivity index (χ4n) is 2.43. The molecule has 5 nitrogen and oxygen atoms in total. The lowest BCUT2D eigenvalue weighted by atomic mass is 10.2. The van der Waals surface area contributed by atoms with E-state index < -0.39 is 0 Å². The number of benzene rings is 2. The van der Waals surface area contributed by atoms with Gasteiger partial charge in [-0.1, -0.05) is 23.7 Å². The van der Waals surface area contributed by atoms with Crippen LogP contribution in [0.25, 0.3) is 0 Å².